The Bertz CT molecular complexity index is 558. The number of carbonyl (C=O) groups is 1. The topological polar surface area (TPSA) is 107 Å². The van der Waals surface area contributed by atoms with E-state index in [2.05, 4.69) is 25.3 Å². The molecule has 3 rings (SSSR count). The summed E-state index contributed by atoms with van der Waals surface area (Å²) in [6, 6.07) is 0. The minimum atomic E-state index is -0.749. The molecule has 1 aliphatic carbocycles. The number of rotatable bonds is 4. The molecule has 0 radical (unpaired) electrons. The van der Waals surface area contributed by atoms with Crippen LogP contribution in [0.4, 0.5) is 0 Å². The molecule has 8 nitrogen and oxygen atoms in total. The molecule has 2 heterocycles. The SMILES string of the molecule is CCOC(=O)C1(c2nc(-c3ncn[nH]3)no2)CC1. The third-order valence-corrected chi connectivity index (χ3v) is 2.88. The first-order chi connectivity index (χ1) is 8.76. The number of nitrogens with zero attached hydrogens (tertiary/aromatic N) is 4. The van der Waals surface area contributed by atoms with Crippen molar-refractivity contribution >= 4 is 5.97 Å². The Morgan fingerprint density at radius 1 is 1.61 bits per heavy atom. The first kappa shape index (κ1) is 10.9. The highest BCUT2D eigenvalue weighted by atomic mass is 16.5. The van der Waals surface area contributed by atoms with E-state index in [1.807, 2.05) is 0 Å². The van der Waals surface area contributed by atoms with E-state index in [-0.39, 0.29) is 17.7 Å². The smallest absolute Gasteiger partial charge is 0.321 e. The van der Waals surface area contributed by atoms with Crippen molar-refractivity contribution in [3.05, 3.63) is 12.2 Å². The molecule has 2 aromatic rings. The molecule has 0 aliphatic heterocycles. The van der Waals surface area contributed by atoms with Crippen LogP contribution in [-0.2, 0) is 14.9 Å². The molecule has 0 atom stereocenters. The van der Waals surface area contributed by atoms with Gasteiger partial charge in [-0.15, -0.1) is 0 Å². The molecule has 0 spiro atoms. The van der Waals surface area contributed by atoms with Crippen LogP contribution in [0, 0.1) is 0 Å². The number of H-pyrrole nitrogens is 1. The summed E-state index contributed by atoms with van der Waals surface area (Å²) in [5.41, 5.74) is -0.749. The lowest BCUT2D eigenvalue weighted by atomic mass is 10.1. The van der Waals surface area contributed by atoms with E-state index in [9.17, 15) is 4.79 Å². The molecule has 0 saturated heterocycles. The lowest BCUT2D eigenvalue weighted by molar-refractivity contribution is -0.146. The van der Waals surface area contributed by atoms with Gasteiger partial charge in [-0.25, -0.2) is 4.98 Å². The summed E-state index contributed by atoms with van der Waals surface area (Å²) < 4.78 is 10.2. The average molecular weight is 249 g/mol. The number of carbonyl (C=O) groups excluding carboxylic acids is 1. The second-order valence-corrected chi connectivity index (χ2v) is 4.06. The molecule has 2 aromatic heterocycles. The molecule has 8 heteroatoms. The van der Waals surface area contributed by atoms with Crippen LogP contribution < -0.4 is 0 Å². The standard InChI is InChI=1S/C10H11N5O3/c1-2-17-9(16)10(3-4-10)8-13-7(15-18-8)6-11-5-12-14-6/h5H,2-4H2,1H3,(H,11,12,14). The summed E-state index contributed by atoms with van der Waals surface area (Å²) in [4.78, 5) is 19.9. The predicted octanol–water partition coefficient (Wildman–Crippen LogP) is 0.449. The van der Waals surface area contributed by atoms with Crippen LogP contribution in [0.25, 0.3) is 11.6 Å². The largest absolute Gasteiger partial charge is 0.465 e. The first-order valence-electron chi connectivity index (χ1n) is 5.63. The molecule has 1 fully saturated rings. The molecule has 0 amide bonds. The Hall–Kier alpha value is -2.25. The Balaban J connectivity index is 1.88. The Labute approximate surface area is 102 Å². The summed E-state index contributed by atoms with van der Waals surface area (Å²) in [5.74, 6) is 0.674. The van der Waals surface area contributed by atoms with Gasteiger partial charge in [-0.05, 0) is 19.8 Å². The second kappa shape index (κ2) is 3.90. The van der Waals surface area contributed by atoms with Gasteiger partial charge in [0.05, 0.1) is 6.61 Å². The third-order valence-electron chi connectivity index (χ3n) is 2.88. The van der Waals surface area contributed by atoms with Gasteiger partial charge in [-0.2, -0.15) is 10.1 Å². The minimum absolute atomic E-state index is 0.285. The van der Waals surface area contributed by atoms with Crippen molar-refractivity contribution in [3.8, 4) is 11.6 Å². The van der Waals surface area contributed by atoms with Gasteiger partial charge in [0.1, 0.15) is 11.7 Å². The summed E-state index contributed by atoms with van der Waals surface area (Å²) >= 11 is 0. The summed E-state index contributed by atoms with van der Waals surface area (Å²) in [6.45, 7) is 2.10. The number of ether oxygens (including phenoxy) is 1. The van der Waals surface area contributed by atoms with E-state index in [4.69, 9.17) is 9.26 Å². The highest BCUT2D eigenvalue weighted by Crippen LogP contribution is 2.48. The second-order valence-electron chi connectivity index (χ2n) is 4.06. The van der Waals surface area contributed by atoms with Gasteiger partial charge >= 0.3 is 5.97 Å². The fourth-order valence-corrected chi connectivity index (χ4v) is 1.73. The summed E-state index contributed by atoms with van der Waals surface area (Å²) in [5, 5.41) is 10.1. The van der Waals surface area contributed by atoms with E-state index < -0.39 is 5.41 Å². The number of hydrogen-bond donors (Lipinski definition) is 1. The summed E-state index contributed by atoms with van der Waals surface area (Å²) in [7, 11) is 0. The average Bonchev–Trinajstić information content (AvgIpc) is 2.83. The maximum Gasteiger partial charge on any atom is 0.321 e. The van der Waals surface area contributed by atoms with Crippen molar-refractivity contribution in [2.24, 2.45) is 0 Å². The molecule has 1 aliphatic rings. The highest BCUT2D eigenvalue weighted by Gasteiger charge is 2.57. The Kier molecular flexibility index (Phi) is 2.35. The molecular weight excluding hydrogens is 238 g/mol. The van der Waals surface area contributed by atoms with Crippen LogP contribution in [0.2, 0.25) is 0 Å². The molecular formula is C10H11N5O3. The molecule has 94 valence electrons. The quantitative estimate of drug-likeness (QED) is 0.784. The van der Waals surface area contributed by atoms with Gasteiger partial charge in [0, 0.05) is 0 Å². The zero-order valence-electron chi connectivity index (χ0n) is 9.71. The van der Waals surface area contributed by atoms with E-state index in [0.29, 0.717) is 25.3 Å². The van der Waals surface area contributed by atoms with Gasteiger partial charge in [0.15, 0.2) is 5.82 Å². The van der Waals surface area contributed by atoms with Gasteiger partial charge in [0.2, 0.25) is 11.7 Å². The number of aromatic nitrogens is 5. The van der Waals surface area contributed by atoms with Crippen molar-refractivity contribution in [2.45, 2.75) is 25.2 Å². The Morgan fingerprint density at radius 3 is 3.06 bits per heavy atom. The zero-order valence-corrected chi connectivity index (χ0v) is 9.71. The van der Waals surface area contributed by atoms with Crippen LogP contribution in [0.3, 0.4) is 0 Å². The van der Waals surface area contributed by atoms with Crippen molar-refractivity contribution in [3.63, 3.8) is 0 Å². The third kappa shape index (κ3) is 1.57. The molecule has 1 saturated carbocycles. The molecule has 1 N–H and O–H groups in total. The highest BCUT2D eigenvalue weighted by molar-refractivity contribution is 5.85. The maximum atomic E-state index is 11.8. The fraction of sp³-hybridized carbons (Fsp3) is 0.500. The van der Waals surface area contributed by atoms with E-state index in [1.165, 1.54) is 6.33 Å². The number of aromatic amines is 1. The van der Waals surface area contributed by atoms with Crippen molar-refractivity contribution in [1.82, 2.24) is 25.3 Å². The van der Waals surface area contributed by atoms with Crippen molar-refractivity contribution in [2.75, 3.05) is 6.61 Å². The maximum absolute atomic E-state index is 11.8. The van der Waals surface area contributed by atoms with Gasteiger partial charge in [-0.3, -0.25) is 9.89 Å². The summed E-state index contributed by atoms with van der Waals surface area (Å²) in [6.07, 6.45) is 2.69. The van der Waals surface area contributed by atoms with Crippen LogP contribution in [-0.4, -0.2) is 37.9 Å². The predicted molar refractivity (Wildman–Crippen MR) is 57.2 cm³/mol. The fourth-order valence-electron chi connectivity index (χ4n) is 1.73. The Morgan fingerprint density at radius 2 is 2.44 bits per heavy atom. The van der Waals surface area contributed by atoms with Crippen LogP contribution in [0.15, 0.2) is 10.9 Å². The van der Waals surface area contributed by atoms with Gasteiger partial charge in [-0.1, -0.05) is 5.16 Å². The van der Waals surface area contributed by atoms with Crippen LogP contribution in [0.1, 0.15) is 25.7 Å². The van der Waals surface area contributed by atoms with Crippen molar-refractivity contribution in [1.29, 1.82) is 0 Å². The lowest BCUT2D eigenvalue weighted by Gasteiger charge is -2.07. The molecule has 0 aromatic carbocycles. The number of hydrogen-bond acceptors (Lipinski definition) is 7. The van der Waals surface area contributed by atoms with Gasteiger partial charge < -0.3 is 9.26 Å². The van der Waals surface area contributed by atoms with E-state index in [0.717, 1.165) is 0 Å². The first-order valence-corrected chi connectivity index (χ1v) is 5.63. The number of nitrogens with one attached hydrogen (secondary N) is 1. The lowest BCUT2D eigenvalue weighted by Crippen LogP contribution is -2.23. The molecule has 0 unspecified atom stereocenters. The van der Waals surface area contributed by atoms with Crippen LogP contribution in [0.5, 0.6) is 0 Å². The van der Waals surface area contributed by atoms with Gasteiger partial charge in [0.25, 0.3) is 0 Å². The van der Waals surface area contributed by atoms with E-state index >= 15 is 0 Å². The van der Waals surface area contributed by atoms with Crippen molar-refractivity contribution < 1.29 is 14.1 Å². The molecule has 0 bridgehead atoms. The number of esters is 1. The van der Waals surface area contributed by atoms with E-state index in [1.54, 1.807) is 6.92 Å². The minimum Gasteiger partial charge on any atom is -0.465 e. The zero-order chi connectivity index (χ0) is 12.6. The monoisotopic (exact) mass is 249 g/mol. The normalized spacial score (nSPS) is 16.5. The van der Waals surface area contributed by atoms with Crippen LogP contribution >= 0.6 is 0 Å². The molecule has 18 heavy (non-hydrogen) atoms.